The lowest BCUT2D eigenvalue weighted by atomic mass is 10.0. The van der Waals surface area contributed by atoms with Gasteiger partial charge in [-0.1, -0.05) is 0 Å². The highest BCUT2D eigenvalue weighted by atomic mass is 32.1. The second-order valence-electron chi connectivity index (χ2n) is 3.76. The molecule has 3 N–H and O–H groups in total. The molecule has 0 aromatic carbocycles. The van der Waals surface area contributed by atoms with Crippen LogP contribution in [0.2, 0.25) is 0 Å². The molecule has 1 aromatic rings. The molecule has 96 valence electrons. The number of hydrogen-bond donors (Lipinski definition) is 3. The van der Waals surface area contributed by atoms with E-state index in [0.717, 1.165) is 0 Å². The Kier molecular flexibility index (Phi) is 4.24. The number of anilines is 1. The molecule has 0 bridgehead atoms. The second-order valence-corrected chi connectivity index (χ2v) is 4.54. The van der Waals surface area contributed by atoms with Crippen LogP contribution in [0.15, 0.2) is 6.33 Å². The summed E-state index contributed by atoms with van der Waals surface area (Å²) >= 11 is 1.22. The first-order chi connectivity index (χ1) is 8.24. The van der Waals surface area contributed by atoms with Crippen LogP contribution in [-0.4, -0.2) is 57.8 Å². The minimum Gasteiger partial charge on any atom is -0.394 e. The zero-order valence-corrected chi connectivity index (χ0v) is 10.1. The van der Waals surface area contributed by atoms with Gasteiger partial charge in [-0.15, -0.1) is 0 Å². The molecular weight excluding hydrogens is 246 g/mol. The van der Waals surface area contributed by atoms with Gasteiger partial charge in [-0.2, -0.15) is 4.37 Å². The van der Waals surface area contributed by atoms with E-state index in [-0.39, 0.29) is 12.6 Å². The standard InChI is InChI=1S/C9H15N3O4S/c1-15-8-5(12-9-10-4-11-17-9)2-6(14)7(3-13)16-8/h4-8,13-14H,2-3H2,1H3,(H,10,11,12)/t5-,6-,7-,8+/m1/s1. The molecule has 0 saturated carbocycles. The molecule has 0 amide bonds. The molecule has 1 aliphatic heterocycles. The Bertz CT molecular complexity index is 337. The van der Waals surface area contributed by atoms with Crippen LogP contribution < -0.4 is 5.32 Å². The third-order valence-corrected chi connectivity index (χ3v) is 3.24. The Morgan fingerprint density at radius 3 is 3.12 bits per heavy atom. The zero-order chi connectivity index (χ0) is 12.3. The van der Waals surface area contributed by atoms with Crippen LogP contribution in [0.5, 0.6) is 0 Å². The second kappa shape index (κ2) is 5.69. The van der Waals surface area contributed by atoms with Crippen molar-refractivity contribution in [2.45, 2.75) is 31.0 Å². The van der Waals surface area contributed by atoms with Gasteiger partial charge >= 0.3 is 0 Å². The minimum atomic E-state index is -0.725. The SMILES string of the molecule is CO[C@H]1O[C@H](CO)[C@H](O)C[C@H]1Nc1ncns1. The van der Waals surface area contributed by atoms with Gasteiger partial charge in [-0.3, -0.25) is 0 Å². The van der Waals surface area contributed by atoms with Crippen LogP contribution in [-0.2, 0) is 9.47 Å². The largest absolute Gasteiger partial charge is 0.394 e. The van der Waals surface area contributed by atoms with Crippen LogP contribution in [0.3, 0.4) is 0 Å². The van der Waals surface area contributed by atoms with E-state index in [4.69, 9.17) is 14.6 Å². The van der Waals surface area contributed by atoms with E-state index in [0.29, 0.717) is 11.6 Å². The third-order valence-electron chi connectivity index (χ3n) is 2.64. The molecule has 1 fully saturated rings. The number of methoxy groups -OCH3 is 1. The fourth-order valence-corrected chi connectivity index (χ4v) is 2.28. The van der Waals surface area contributed by atoms with Gasteiger partial charge in [0.25, 0.3) is 0 Å². The smallest absolute Gasteiger partial charge is 0.202 e. The van der Waals surface area contributed by atoms with Gasteiger partial charge in [0.1, 0.15) is 12.4 Å². The fraction of sp³-hybridized carbons (Fsp3) is 0.778. The molecule has 1 saturated heterocycles. The monoisotopic (exact) mass is 261 g/mol. The molecule has 0 radical (unpaired) electrons. The molecule has 2 heterocycles. The van der Waals surface area contributed by atoms with Crippen molar-refractivity contribution in [3.05, 3.63) is 6.33 Å². The Hall–Kier alpha value is -0.800. The van der Waals surface area contributed by atoms with Crippen molar-refractivity contribution in [1.82, 2.24) is 9.36 Å². The van der Waals surface area contributed by atoms with Gasteiger partial charge in [0.15, 0.2) is 6.29 Å². The van der Waals surface area contributed by atoms with E-state index in [9.17, 15) is 5.11 Å². The summed E-state index contributed by atoms with van der Waals surface area (Å²) in [5.74, 6) is 0. The average Bonchev–Trinajstić information content (AvgIpc) is 2.82. The molecule has 8 heteroatoms. The number of aliphatic hydroxyl groups is 2. The van der Waals surface area contributed by atoms with Crippen molar-refractivity contribution in [3.63, 3.8) is 0 Å². The quantitative estimate of drug-likeness (QED) is 0.668. The number of aliphatic hydroxyl groups excluding tert-OH is 2. The third kappa shape index (κ3) is 2.90. The van der Waals surface area contributed by atoms with E-state index >= 15 is 0 Å². The maximum atomic E-state index is 9.77. The fourth-order valence-electron chi connectivity index (χ4n) is 1.79. The number of rotatable bonds is 4. The van der Waals surface area contributed by atoms with E-state index in [1.54, 1.807) is 0 Å². The van der Waals surface area contributed by atoms with Crippen LogP contribution in [0, 0.1) is 0 Å². The number of ether oxygens (including phenoxy) is 2. The lowest BCUT2D eigenvalue weighted by Crippen LogP contribution is -2.52. The van der Waals surface area contributed by atoms with Crippen molar-refractivity contribution < 1.29 is 19.7 Å². The average molecular weight is 261 g/mol. The van der Waals surface area contributed by atoms with Gasteiger partial charge in [0.05, 0.1) is 18.8 Å². The Balaban J connectivity index is 2.00. The van der Waals surface area contributed by atoms with Gasteiger partial charge in [-0.05, 0) is 0 Å². The van der Waals surface area contributed by atoms with Gasteiger partial charge in [0.2, 0.25) is 5.13 Å². The summed E-state index contributed by atoms with van der Waals surface area (Å²) in [6, 6.07) is -0.217. The Morgan fingerprint density at radius 2 is 2.53 bits per heavy atom. The lowest BCUT2D eigenvalue weighted by molar-refractivity contribution is -0.224. The Morgan fingerprint density at radius 1 is 1.71 bits per heavy atom. The maximum absolute atomic E-state index is 9.77. The van der Waals surface area contributed by atoms with Crippen LogP contribution in [0.25, 0.3) is 0 Å². The van der Waals surface area contributed by atoms with E-state index in [1.165, 1.54) is 25.0 Å². The van der Waals surface area contributed by atoms with E-state index in [2.05, 4.69) is 14.7 Å². The summed E-state index contributed by atoms with van der Waals surface area (Å²) in [7, 11) is 1.52. The highest BCUT2D eigenvalue weighted by molar-refractivity contribution is 7.09. The summed E-state index contributed by atoms with van der Waals surface area (Å²) in [6.07, 6.45) is 0.0121. The summed E-state index contributed by atoms with van der Waals surface area (Å²) in [6.45, 7) is -0.230. The number of aromatic nitrogens is 2. The zero-order valence-electron chi connectivity index (χ0n) is 9.31. The molecule has 1 aliphatic rings. The molecule has 7 nitrogen and oxygen atoms in total. The first-order valence-electron chi connectivity index (χ1n) is 5.25. The first-order valence-corrected chi connectivity index (χ1v) is 6.02. The van der Waals surface area contributed by atoms with Crippen LogP contribution in [0.4, 0.5) is 5.13 Å². The topological polar surface area (TPSA) is 96.7 Å². The molecule has 0 unspecified atom stereocenters. The van der Waals surface area contributed by atoms with Gasteiger partial charge in [0, 0.05) is 25.1 Å². The highest BCUT2D eigenvalue weighted by Gasteiger charge is 2.37. The van der Waals surface area contributed by atoms with Crippen molar-refractivity contribution in [2.75, 3.05) is 19.0 Å². The van der Waals surface area contributed by atoms with Gasteiger partial charge < -0.3 is 25.0 Å². The molecular formula is C9H15N3O4S. The molecule has 1 aromatic heterocycles. The number of nitrogens with zero attached hydrogens (tertiary/aromatic N) is 2. The summed E-state index contributed by atoms with van der Waals surface area (Å²) in [5, 5.41) is 22.5. The maximum Gasteiger partial charge on any atom is 0.202 e. The molecule has 4 atom stereocenters. The summed E-state index contributed by atoms with van der Waals surface area (Å²) in [4.78, 5) is 4.00. The normalized spacial score (nSPS) is 33.6. The van der Waals surface area contributed by atoms with Gasteiger partial charge in [-0.25, -0.2) is 4.98 Å². The molecule has 2 rings (SSSR count). The number of hydrogen-bond acceptors (Lipinski definition) is 8. The summed E-state index contributed by atoms with van der Waals surface area (Å²) in [5.41, 5.74) is 0. The van der Waals surface area contributed by atoms with Crippen molar-refractivity contribution in [2.24, 2.45) is 0 Å². The van der Waals surface area contributed by atoms with Crippen LogP contribution >= 0.6 is 11.5 Å². The predicted octanol–water partition coefficient (Wildman–Crippen LogP) is -0.567. The molecule has 0 aliphatic carbocycles. The minimum absolute atomic E-state index is 0.217. The van der Waals surface area contributed by atoms with Crippen molar-refractivity contribution >= 4 is 16.7 Å². The molecule has 17 heavy (non-hydrogen) atoms. The van der Waals surface area contributed by atoms with Crippen molar-refractivity contribution in [3.8, 4) is 0 Å². The molecule has 0 spiro atoms. The Labute approximate surface area is 103 Å². The number of nitrogens with one attached hydrogen (secondary N) is 1. The highest BCUT2D eigenvalue weighted by Crippen LogP contribution is 2.24. The van der Waals surface area contributed by atoms with E-state index in [1.807, 2.05) is 0 Å². The van der Waals surface area contributed by atoms with E-state index < -0.39 is 18.5 Å². The first kappa shape index (κ1) is 12.7. The lowest BCUT2D eigenvalue weighted by Gasteiger charge is -2.38. The predicted molar refractivity (Wildman–Crippen MR) is 60.7 cm³/mol. The van der Waals surface area contributed by atoms with Crippen molar-refractivity contribution in [1.29, 1.82) is 0 Å². The van der Waals surface area contributed by atoms with Crippen LogP contribution in [0.1, 0.15) is 6.42 Å². The summed E-state index contributed by atoms with van der Waals surface area (Å²) < 4.78 is 14.5.